The van der Waals surface area contributed by atoms with E-state index in [2.05, 4.69) is 31.0 Å². The van der Waals surface area contributed by atoms with Gasteiger partial charge in [-0.2, -0.15) is 0 Å². The number of rotatable bonds is 6. The lowest BCUT2D eigenvalue weighted by atomic mass is 10.0. The maximum Gasteiger partial charge on any atom is 0.0193 e. The highest BCUT2D eigenvalue weighted by atomic mass is 15.1. The van der Waals surface area contributed by atoms with Crippen molar-refractivity contribution in [3.05, 3.63) is 11.1 Å². The van der Waals surface area contributed by atoms with Crippen LogP contribution in [0.1, 0.15) is 33.6 Å². The normalized spacial score (nSPS) is 15.9. The molecule has 0 aromatic heterocycles. The van der Waals surface area contributed by atoms with Crippen LogP contribution in [0.5, 0.6) is 0 Å². The van der Waals surface area contributed by atoms with E-state index >= 15 is 0 Å². The molecule has 0 saturated carbocycles. The van der Waals surface area contributed by atoms with E-state index in [0.717, 1.165) is 13.1 Å². The summed E-state index contributed by atoms with van der Waals surface area (Å²) >= 11 is 0. The molecule has 0 aromatic rings. The van der Waals surface area contributed by atoms with Crippen LogP contribution in [-0.4, -0.2) is 37.6 Å². The first-order valence-electron chi connectivity index (χ1n) is 5.88. The van der Waals surface area contributed by atoms with Gasteiger partial charge in [-0.05, 0) is 32.0 Å². The molecule has 1 saturated heterocycles. The predicted molar refractivity (Wildman–Crippen MR) is 62.6 cm³/mol. The third-order valence-corrected chi connectivity index (χ3v) is 3.02. The van der Waals surface area contributed by atoms with Crippen molar-refractivity contribution in [2.24, 2.45) is 0 Å². The van der Waals surface area contributed by atoms with E-state index in [9.17, 15) is 0 Å². The van der Waals surface area contributed by atoms with Crippen molar-refractivity contribution < 1.29 is 0 Å². The average Bonchev–Trinajstić information content (AvgIpc) is 2.09. The standard InChI is InChI=1S/C12H24N2/c1-4-6-7-14(5-2)10-11(3)12-8-13-9-12/h13H,4-10H2,1-3H3. The van der Waals surface area contributed by atoms with Crippen LogP contribution in [0.15, 0.2) is 11.1 Å². The van der Waals surface area contributed by atoms with Crippen molar-refractivity contribution >= 4 is 0 Å². The number of nitrogens with zero attached hydrogens (tertiary/aromatic N) is 1. The van der Waals surface area contributed by atoms with Crippen molar-refractivity contribution in [2.75, 3.05) is 32.7 Å². The zero-order chi connectivity index (χ0) is 10.4. The van der Waals surface area contributed by atoms with Crippen molar-refractivity contribution in [1.29, 1.82) is 0 Å². The molecule has 0 amide bonds. The minimum absolute atomic E-state index is 1.12. The van der Waals surface area contributed by atoms with E-state index in [1.165, 1.54) is 32.5 Å². The lowest BCUT2D eigenvalue weighted by Gasteiger charge is -2.26. The second-order valence-electron chi connectivity index (χ2n) is 4.21. The zero-order valence-corrected chi connectivity index (χ0v) is 9.90. The van der Waals surface area contributed by atoms with Crippen molar-refractivity contribution in [2.45, 2.75) is 33.6 Å². The lowest BCUT2D eigenvalue weighted by molar-refractivity contribution is 0.305. The molecule has 0 spiro atoms. The first-order chi connectivity index (χ1) is 6.77. The summed E-state index contributed by atoms with van der Waals surface area (Å²) in [6.07, 6.45) is 2.63. The molecule has 0 atom stereocenters. The molecule has 0 aromatic carbocycles. The van der Waals surface area contributed by atoms with Gasteiger partial charge in [0.15, 0.2) is 0 Å². The van der Waals surface area contributed by atoms with Gasteiger partial charge in [-0.3, -0.25) is 4.90 Å². The van der Waals surface area contributed by atoms with Gasteiger partial charge in [-0.25, -0.2) is 0 Å². The summed E-state index contributed by atoms with van der Waals surface area (Å²) < 4.78 is 0. The summed E-state index contributed by atoms with van der Waals surface area (Å²) in [4.78, 5) is 2.55. The Morgan fingerprint density at radius 1 is 1.36 bits per heavy atom. The molecule has 1 fully saturated rings. The fourth-order valence-electron chi connectivity index (χ4n) is 1.73. The number of likely N-dealkylation sites (N-methyl/N-ethyl adjacent to an activating group) is 1. The van der Waals surface area contributed by atoms with Crippen LogP contribution < -0.4 is 5.32 Å². The maximum absolute atomic E-state index is 3.30. The van der Waals surface area contributed by atoms with Gasteiger partial charge in [0, 0.05) is 19.6 Å². The van der Waals surface area contributed by atoms with E-state index in [1.54, 1.807) is 11.1 Å². The average molecular weight is 196 g/mol. The number of hydrogen-bond acceptors (Lipinski definition) is 2. The van der Waals surface area contributed by atoms with E-state index in [4.69, 9.17) is 0 Å². The monoisotopic (exact) mass is 196 g/mol. The molecular formula is C12H24N2. The molecule has 0 aliphatic carbocycles. The predicted octanol–water partition coefficient (Wildman–Crippen LogP) is 2.03. The topological polar surface area (TPSA) is 15.3 Å². The van der Waals surface area contributed by atoms with Crippen LogP contribution in [-0.2, 0) is 0 Å². The highest BCUT2D eigenvalue weighted by Crippen LogP contribution is 2.10. The molecule has 0 unspecified atom stereocenters. The Morgan fingerprint density at radius 3 is 2.50 bits per heavy atom. The molecule has 14 heavy (non-hydrogen) atoms. The molecular weight excluding hydrogens is 172 g/mol. The number of unbranched alkanes of at least 4 members (excludes halogenated alkanes) is 1. The van der Waals surface area contributed by atoms with Gasteiger partial charge in [0.25, 0.3) is 0 Å². The first kappa shape index (κ1) is 11.7. The summed E-state index contributed by atoms with van der Waals surface area (Å²) in [5.41, 5.74) is 3.21. The molecule has 1 heterocycles. The Balaban J connectivity index is 2.31. The summed E-state index contributed by atoms with van der Waals surface area (Å²) in [5.74, 6) is 0. The van der Waals surface area contributed by atoms with E-state index < -0.39 is 0 Å². The van der Waals surface area contributed by atoms with Crippen molar-refractivity contribution in [3.63, 3.8) is 0 Å². The Bertz CT molecular complexity index is 190. The first-order valence-corrected chi connectivity index (χ1v) is 5.88. The molecule has 0 bridgehead atoms. The summed E-state index contributed by atoms with van der Waals surface area (Å²) in [6, 6.07) is 0. The molecule has 2 nitrogen and oxygen atoms in total. The number of hydrogen-bond donors (Lipinski definition) is 1. The van der Waals surface area contributed by atoms with Gasteiger partial charge < -0.3 is 5.32 Å². The summed E-state index contributed by atoms with van der Waals surface area (Å²) in [5, 5.41) is 3.30. The second-order valence-corrected chi connectivity index (χ2v) is 4.21. The van der Waals surface area contributed by atoms with Crippen molar-refractivity contribution in [3.8, 4) is 0 Å². The fraction of sp³-hybridized carbons (Fsp3) is 0.833. The molecule has 1 N–H and O–H groups in total. The number of nitrogens with one attached hydrogen (secondary N) is 1. The third kappa shape index (κ3) is 3.43. The van der Waals surface area contributed by atoms with Gasteiger partial charge in [-0.1, -0.05) is 25.8 Å². The van der Waals surface area contributed by atoms with E-state index in [0.29, 0.717) is 0 Å². The highest BCUT2D eigenvalue weighted by molar-refractivity contribution is 5.22. The summed E-state index contributed by atoms with van der Waals surface area (Å²) in [7, 11) is 0. The van der Waals surface area contributed by atoms with Gasteiger partial charge in [0.05, 0.1) is 0 Å². The Labute approximate surface area is 88.4 Å². The molecule has 1 rings (SSSR count). The van der Waals surface area contributed by atoms with Gasteiger partial charge >= 0.3 is 0 Å². The Hall–Kier alpha value is -0.340. The molecule has 0 radical (unpaired) electrons. The zero-order valence-electron chi connectivity index (χ0n) is 9.90. The van der Waals surface area contributed by atoms with Crippen LogP contribution in [0.4, 0.5) is 0 Å². The van der Waals surface area contributed by atoms with Crippen LogP contribution in [0.25, 0.3) is 0 Å². The molecule has 1 aliphatic heterocycles. The van der Waals surface area contributed by atoms with Crippen LogP contribution >= 0.6 is 0 Å². The highest BCUT2D eigenvalue weighted by Gasteiger charge is 2.12. The lowest BCUT2D eigenvalue weighted by Crippen LogP contribution is -2.37. The Morgan fingerprint density at radius 2 is 2.07 bits per heavy atom. The van der Waals surface area contributed by atoms with E-state index in [1.807, 2.05) is 0 Å². The fourth-order valence-corrected chi connectivity index (χ4v) is 1.73. The minimum Gasteiger partial charge on any atom is -0.309 e. The van der Waals surface area contributed by atoms with Crippen LogP contribution in [0.2, 0.25) is 0 Å². The Kier molecular flexibility index (Phi) is 5.20. The minimum atomic E-state index is 1.12. The maximum atomic E-state index is 3.30. The van der Waals surface area contributed by atoms with Gasteiger partial charge in [0.2, 0.25) is 0 Å². The molecule has 2 heteroatoms. The molecule has 1 aliphatic rings. The van der Waals surface area contributed by atoms with Crippen molar-refractivity contribution in [1.82, 2.24) is 10.2 Å². The largest absolute Gasteiger partial charge is 0.309 e. The quantitative estimate of drug-likeness (QED) is 0.654. The van der Waals surface area contributed by atoms with Gasteiger partial charge in [-0.15, -0.1) is 0 Å². The second kappa shape index (κ2) is 6.20. The van der Waals surface area contributed by atoms with Gasteiger partial charge in [0.1, 0.15) is 0 Å². The third-order valence-electron chi connectivity index (χ3n) is 3.02. The smallest absolute Gasteiger partial charge is 0.0193 e. The van der Waals surface area contributed by atoms with E-state index in [-0.39, 0.29) is 0 Å². The SMILES string of the molecule is CCCCN(CC)CC(C)=C1CNC1. The van der Waals surface area contributed by atoms with Crippen LogP contribution in [0, 0.1) is 0 Å². The van der Waals surface area contributed by atoms with Crippen LogP contribution in [0.3, 0.4) is 0 Å². The summed E-state index contributed by atoms with van der Waals surface area (Å²) in [6.45, 7) is 12.7. The molecule has 82 valence electrons.